The summed E-state index contributed by atoms with van der Waals surface area (Å²) >= 11 is 0. The van der Waals surface area contributed by atoms with Crippen LogP contribution in [0.5, 0.6) is 0 Å². The van der Waals surface area contributed by atoms with E-state index in [1.165, 1.54) is 64.6 Å². The number of hydrogen-bond donors (Lipinski definition) is 1. The topological polar surface area (TPSA) is 15.3 Å². The lowest BCUT2D eigenvalue weighted by molar-refractivity contribution is 0.0986. The van der Waals surface area contributed by atoms with E-state index in [0.717, 1.165) is 18.0 Å². The van der Waals surface area contributed by atoms with E-state index in [4.69, 9.17) is 0 Å². The Bertz CT molecular complexity index is 217. The zero-order chi connectivity index (χ0) is 12.1. The third-order valence-corrected chi connectivity index (χ3v) is 4.85. The molecule has 3 atom stereocenters. The van der Waals surface area contributed by atoms with Crippen LogP contribution in [0.15, 0.2) is 0 Å². The molecule has 3 unspecified atom stereocenters. The summed E-state index contributed by atoms with van der Waals surface area (Å²) in [4.78, 5) is 2.81. The van der Waals surface area contributed by atoms with Crippen LogP contribution in [-0.4, -0.2) is 36.6 Å². The Labute approximate surface area is 107 Å². The van der Waals surface area contributed by atoms with Gasteiger partial charge in [-0.1, -0.05) is 26.7 Å². The average molecular weight is 238 g/mol. The van der Waals surface area contributed by atoms with Crippen LogP contribution in [0.3, 0.4) is 0 Å². The normalized spacial score (nSPS) is 37.4. The van der Waals surface area contributed by atoms with Crippen molar-refractivity contribution in [1.82, 2.24) is 10.2 Å². The van der Waals surface area contributed by atoms with Crippen LogP contribution < -0.4 is 5.32 Å². The van der Waals surface area contributed by atoms with Gasteiger partial charge < -0.3 is 10.2 Å². The predicted octanol–water partition coefficient (Wildman–Crippen LogP) is 3.03. The highest BCUT2D eigenvalue weighted by molar-refractivity contribution is 4.83. The number of hydrogen-bond acceptors (Lipinski definition) is 2. The molecule has 2 heteroatoms. The second kappa shape index (κ2) is 6.75. The smallest absolute Gasteiger partial charge is 0.0121 e. The summed E-state index contributed by atoms with van der Waals surface area (Å²) in [5.41, 5.74) is 0. The molecule has 17 heavy (non-hydrogen) atoms. The summed E-state index contributed by atoms with van der Waals surface area (Å²) in [5.74, 6) is 0.927. The lowest BCUT2D eigenvalue weighted by Gasteiger charge is -2.40. The van der Waals surface area contributed by atoms with Crippen molar-refractivity contribution in [2.75, 3.05) is 19.6 Å². The largest absolute Gasteiger partial charge is 0.314 e. The number of rotatable bonds is 2. The lowest BCUT2D eigenvalue weighted by atomic mass is 9.84. The molecule has 1 saturated heterocycles. The molecule has 2 aliphatic rings. The Kier molecular flexibility index (Phi) is 5.30. The maximum atomic E-state index is 3.68. The number of nitrogens with one attached hydrogen (secondary N) is 1. The fourth-order valence-electron chi connectivity index (χ4n) is 3.64. The van der Waals surface area contributed by atoms with Gasteiger partial charge in [-0.3, -0.25) is 0 Å². The van der Waals surface area contributed by atoms with Crippen LogP contribution in [0.25, 0.3) is 0 Å². The SMILES string of the molecule is CCC1CCN(C2CCCCC2C)CCCN1. The molecule has 0 aromatic carbocycles. The van der Waals surface area contributed by atoms with E-state index in [2.05, 4.69) is 24.1 Å². The van der Waals surface area contributed by atoms with Crippen LogP contribution in [-0.2, 0) is 0 Å². The monoisotopic (exact) mass is 238 g/mol. The molecule has 0 spiro atoms. The van der Waals surface area contributed by atoms with Crippen molar-refractivity contribution in [3.05, 3.63) is 0 Å². The van der Waals surface area contributed by atoms with Crippen molar-refractivity contribution in [1.29, 1.82) is 0 Å². The minimum Gasteiger partial charge on any atom is -0.314 e. The van der Waals surface area contributed by atoms with Gasteiger partial charge in [0.25, 0.3) is 0 Å². The van der Waals surface area contributed by atoms with Gasteiger partial charge in [0.15, 0.2) is 0 Å². The van der Waals surface area contributed by atoms with E-state index in [1.54, 1.807) is 0 Å². The molecule has 2 rings (SSSR count). The van der Waals surface area contributed by atoms with Gasteiger partial charge in [0.2, 0.25) is 0 Å². The van der Waals surface area contributed by atoms with Crippen LogP contribution in [0.1, 0.15) is 58.8 Å². The minimum atomic E-state index is 0.761. The Morgan fingerprint density at radius 3 is 2.65 bits per heavy atom. The first kappa shape index (κ1) is 13.4. The van der Waals surface area contributed by atoms with Gasteiger partial charge in [-0.05, 0) is 57.7 Å². The standard InChI is InChI=1S/C15H30N2/c1-3-14-9-12-17(11-6-10-16-14)15-8-5-4-7-13(15)2/h13-16H,3-12H2,1-2H3. The second-order valence-electron chi connectivity index (χ2n) is 6.07. The molecule has 0 bridgehead atoms. The fourth-order valence-corrected chi connectivity index (χ4v) is 3.64. The van der Waals surface area contributed by atoms with E-state index >= 15 is 0 Å². The van der Waals surface area contributed by atoms with Crippen molar-refractivity contribution >= 4 is 0 Å². The summed E-state index contributed by atoms with van der Waals surface area (Å²) < 4.78 is 0. The van der Waals surface area contributed by atoms with Crippen LogP contribution >= 0.6 is 0 Å². The van der Waals surface area contributed by atoms with Crippen molar-refractivity contribution < 1.29 is 0 Å². The fraction of sp³-hybridized carbons (Fsp3) is 1.00. The van der Waals surface area contributed by atoms with Crippen LogP contribution in [0, 0.1) is 5.92 Å². The molecule has 2 nitrogen and oxygen atoms in total. The van der Waals surface area contributed by atoms with Crippen LogP contribution in [0.2, 0.25) is 0 Å². The van der Waals surface area contributed by atoms with Gasteiger partial charge in [-0.2, -0.15) is 0 Å². The zero-order valence-electron chi connectivity index (χ0n) is 11.8. The Hall–Kier alpha value is -0.0800. The second-order valence-corrected chi connectivity index (χ2v) is 6.07. The Morgan fingerprint density at radius 2 is 1.88 bits per heavy atom. The number of nitrogens with zero attached hydrogens (tertiary/aromatic N) is 1. The van der Waals surface area contributed by atoms with Crippen molar-refractivity contribution in [2.24, 2.45) is 5.92 Å². The van der Waals surface area contributed by atoms with E-state index in [1.807, 2.05) is 0 Å². The molecule has 100 valence electrons. The highest BCUT2D eigenvalue weighted by Gasteiger charge is 2.27. The van der Waals surface area contributed by atoms with E-state index in [9.17, 15) is 0 Å². The highest BCUT2D eigenvalue weighted by atomic mass is 15.2. The van der Waals surface area contributed by atoms with Gasteiger partial charge >= 0.3 is 0 Å². The molecule has 1 N–H and O–H groups in total. The van der Waals surface area contributed by atoms with Crippen molar-refractivity contribution in [3.63, 3.8) is 0 Å². The molecule has 0 aromatic heterocycles. The summed E-state index contributed by atoms with van der Waals surface area (Å²) in [5, 5.41) is 3.68. The molecule has 0 radical (unpaired) electrons. The summed E-state index contributed by atoms with van der Waals surface area (Å²) in [7, 11) is 0. The first-order valence-electron chi connectivity index (χ1n) is 7.78. The molecular weight excluding hydrogens is 208 g/mol. The third-order valence-electron chi connectivity index (χ3n) is 4.85. The van der Waals surface area contributed by atoms with E-state index < -0.39 is 0 Å². The van der Waals surface area contributed by atoms with E-state index in [-0.39, 0.29) is 0 Å². The Balaban J connectivity index is 1.89. The van der Waals surface area contributed by atoms with Crippen molar-refractivity contribution in [3.8, 4) is 0 Å². The maximum absolute atomic E-state index is 3.68. The summed E-state index contributed by atoms with van der Waals surface area (Å²) in [6.07, 6.45) is 9.79. The van der Waals surface area contributed by atoms with Gasteiger partial charge in [0.05, 0.1) is 0 Å². The van der Waals surface area contributed by atoms with Crippen LogP contribution in [0.4, 0.5) is 0 Å². The third kappa shape index (κ3) is 3.69. The first-order chi connectivity index (χ1) is 8.31. The molecule has 1 heterocycles. The maximum Gasteiger partial charge on any atom is 0.0121 e. The quantitative estimate of drug-likeness (QED) is 0.795. The van der Waals surface area contributed by atoms with Gasteiger partial charge in [0, 0.05) is 12.1 Å². The first-order valence-corrected chi connectivity index (χ1v) is 7.78. The average Bonchev–Trinajstić information content (AvgIpc) is 2.31. The summed E-state index contributed by atoms with van der Waals surface area (Å²) in [6, 6.07) is 1.65. The van der Waals surface area contributed by atoms with E-state index in [0.29, 0.717) is 0 Å². The lowest BCUT2D eigenvalue weighted by Crippen LogP contribution is -2.47. The van der Waals surface area contributed by atoms with Gasteiger partial charge in [-0.25, -0.2) is 0 Å². The molecule has 1 saturated carbocycles. The summed E-state index contributed by atoms with van der Waals surface area (Å²) in [6.45, 7) is 8.64. The molecule has 1 aliphatic carbocycles. The predicted molar refractivity (Wildman–Crippen MR) is 74.3 cm³/mol. The molecular formula is C15H30N2. The molecule has 2 fully saturated rings. The molecule has 0 aromatic rings. The van der Waals surface area contributed by atoms with Gasteiger partial charge in [0.1, 0.15) is 0 Å². The zero-order valence-corrected chi connectivity index (χ0v) is 11.8. The minimum absolute atomic E-state index is 0.761. The molecule has 0 amide bonds. The van der Waals surface area contributed by atoms with Crippen molar-refractivity contribution in [2.45, 2.75) is 70.9 Å². The Morgan fingerprint density at radius 1 is 1.06 bits per heavy atom. The van der Waals surface area contributed by atoms with Gasteiger partial charge in [-0.15, -0.1) is 0 Å². The molecule has 1 aliphatic heterocycles. The highest BCUT2D eigenvalue weighted by Crippen LogP contribution is 2.28.